The van der Waals surface area contributed by atoms with Gasteiger partial charge in [-0.3, -0.25) is 9.38 Å². The lowest BCUT2D eigenvalue weighted by atomic mass is 10.0. The first kappa shape index (κ1) is 15.5. The molecule has 0 saturated heterocycles. The normalized spacial score (nSPS) is 12.5. The average Bonchev–Trinajstić information content (AvgIpc) is 3.52. The zero-order chi connectivity index (χ0) is 20.1. The summed E-state index contributed by atoms with van der Waals surface area (Å²) >= 11 is 0. The summed E-state index contributed by atoms with van der Waals surface area (Å²) in [5.41, 5.74) is 6.28. The van der Waals surface area contributed by atoms with Crippen LogP contribution in [0.25, 0.3) is 71.3 Å². The Labute approximate surface area is 174 Å². The molecule has 31 heavy (non-hydrogen) atoms. The van der Waals surface area contributed by atoms with E-state index in [0.717, 1.165) is 71.3 Å². The molecule has 0 radical (unpaired) electrons. The second-order valence-electron chi connectivity index (χ2n) is 7.90. The maximum atomic E-state index is 6.34. The van der Waals surface area contributed by atoms with E-state index in [0.29, 0.717) is 0 Å². The highest BCUT2D eigenvalue weighted by Crippen LogP contribution is 2.41. The summed E-state index contributed by atoms with van der Waals surface area (Å²) in [4.78, 5) is 9.17. The molecule has 0 bridgehead atoms. The van der Waals surface area contributed by atoms with Crippen molar-refractivity contribution in [2.45, 2.75) is 0 Å². The van der Waals surface area contributed by atoms with Crippen molar-refractivity contribution in [1.29, 1.82) is 0 Å². The van der Waals surface area contributed by atoms with E-state index in [1.807, 2.05) is 55.0 Å². The van der Waals surface area contributed by atoms with Gasteiger partial charge >= 0.3 is 0 Å². The molecule has 0 spiro atoms. The van der Waals surface area contributed by atoms with E-state index >= 15 is 0 Å². The Morgan fingerprint density at radius 3 is 2.35 bits per heavy atom. The second-order valence-corrected chi connectivity index (χ2v) is 7.90. The highest BCUT2D eigenvalue weighted by atomic mass is 16.3. The summed E-state index contributed by atoms with van der Waals surface area (Å²) in [6.45, 7) is 0. The third kappa shape index (κ3) is 1.82. The number of nitrogens with zero attached hydrogens (tertiary/aromatic N) is 3. The summed E-state index contributed by atoms with van der Waals surface area (Å²) in [7, 11) is 0. The van der Waals surface area contributed by atoms with Gasteiger partial charge in [-0.2, -0.15) is 0 Å². The van der Waals surface area contributed by atoms with Crippen molar-refractivity contribution < 1.29 is 8.83 Å². The van der Waals surface area contributed by atoms with E-state index in [9.17, 15) is 0 Å². The molecule has 8 aromatic rings. The fourth-order valence-corrected chi connectivity index (χ4v) is 5.01. The number of aromatic nitrogens is 3. The van der Waals surface area contributed by atoms with Crippen LogP contribution in [0.3, 0.4) is 0 Å². The van der Waals surface area contributed by atoms with Gasteiger partial charge in [0.1, 0.15) is 27.8 Å². The van der Waals surface area contributed by atoms with Crippen molar-refractivity contribution in [2.24, 2.45) is 0 Å². The van der Waals surface area contributed by atoms with Crippen molar-refractivity contribution in [3.8, 4) is 0 Å². The van der Waals surface area contributed by atoms with Crippen LogP contribution in [0.15, 0.2) is 88.1 Å². The molecule has 3 aromatic carbocycles. The molecule has 0 saturated carbocycles. The fraction of sp³-hybridized carbons (Fsp3) is 0. The number of hydrogen-bond donors (Lipinski definition) is 0. The van der Waals surface area contributed by atoms with Gasteiger partial charge in [0.25, 0.3) is 0 Å². The van der Waals surface area contributed by atoms with Crippen LogP contribution in [0, 0.1) is 0 Å². The molecule has 5 aromatic heterocycles. The number of pyridine rings is 2. The Bertz CT molecular complexity index is 2010. The van der Waals surface area contributed by atoms with Crippen molar-refractivity contribution in [2.75, 3.05) is 0 Å². The lowest BCUT2D eigenvalue weighted by molar-refractivity contribution is 0.663. The van der Waals surface area contributed by atoms with E-state index in [2.05, 4.69) is 38.6 Å². The topological polar surface area (TPSA) is 56.5 Å². The lowest BCUT2D eigenvalue weighted by Gasteiger charge is -2.07. The van der Waals surface area contributed by atoms with E-state index in [1.54, 1.807) is 0 Å². The average molecular weight is 399 g/mol. The van der Waals surface area contributed by atoms with Gasteiger partial charge in [0, 0.05) is 50.9 Å². The maximum Gasteiger partial charge on any atom is 0.163 e. The summed E-state index contributed by atoms with van der Waals surface area (Å²) in [5.74, 6) is 0. The number of rotatable bonds is 0. The highest BCUT2D eigenvalue weighted by Gasteiger charge is 2.18. The van der Waals surface area contributed by atoms with E-state index < -0.39 is 0 Å². The minimum atomic E-state index is 0.852. The van der Waals surface area contributed by atoms with E-state index in [1.165, 1.54) is 0 Å². The Kier molecular flexibility index (Phi) is 2.60. The number of fused-ring (bicyclic) bond motifs is 13. The van der Waals surface area contributed by atoms with Gasteiger partial charge in [0.05, 0.1) is 5.52 Å². The molecule has 0 aliphatic rings. The fourth-order valence-electron chi connectivity index (χ4n) is 5.01. The zero-order valence-corrected chi connectivity index (χ0v) is 16.2. The van der Waals surface area contributed by atoms with Gasteiger partial charge in [-0.05, 0) is 36.4 Å². The smallest absolute Gasteiger partial charge is 0.163 e. The minimum Gasteiger partial charge on any atom is -0.456 e. The Morgan fingerprint density at radius 1 is 0.613 bits per heavy atom. The van der Waals surface area contributed by atoms with Gasteiger partial charge in [-0.15, -0.1) is 0 Å². The molecule has 8 rings (SSSR count). The standard InChI is InChI=1S/C26H13N3O2/c1-2-6-19-15(4-1)23-20(30-19)7-8-21-24(23)17-12-18-16(13-22(17)31-21)14-5-3-9-27-25(14)26-28-10-11-29(18)26/h1-13H. The largest absolute Gasteiger partial charge is 0.456 e. The predicted octanol–water partition coefficient (Wildman–Crippen LogP) is 6.83. The monoisotopic (exact) mass is 399 g/mol. The zero-order valence-electron chi connectivity index (χ0n) is 16.2. The molecule has 5 heteroatoms. The summed E-state index contributed by atoms with van der Waals surface area (Å²) < 4.78 is 14.6. The molecule has 0 atom stereocenters. The second kappa shape index (κ2) is 5.21. The molecular weight excluding hydrogens is 386 g/mol. The van der Waals surface area contributed by atoms with Crippen molar-refractivity contribution in [3.05, 3.63) is 79.3 Å². The quantitative estimate of drug-likeness (QED) is 0.262. The Hall–Kier alpha value is -4.38. The maximum absolute atomic E-state index is 6.34. The van der Waals surface area contributed by atoms with E-state index in [-0.39, 0.29) is 0 Å². The van der Waals surface area contributed by atoms with Crippen LogP contribution in [0.5, 0.6) is 0 Å². The predicted molar refractivity (Wildman–Crippen MR) is 123 cm³/mol. The highest BCUT2D eigenvalue weighted by molar-refractivity contribution is 6.27. The number of para-hydroxylation sites is 1. The number of benzene rings is 3. The van der Waals surface area contributed by atoms with Gasteiger partial charge in [-0.25, -0.2) is 4.98 Å². The third-order valence-electron chi connectivity index (χ3n) is 6.30. The van der Waals surface area contributed by atoms with Gasteiger partial charge in [0.15, 0.2) is 5.65 Å². The molecule has 5 nitrogen and oxygen atoms in total. The molecule has 0 fully saturated rings. The van der Waals surface area contributed by atoms with Gasteiger partial charge < -0.3 is 8.83 Å². The summed E-state index contributed by atoms with van der Waals surface area (Å²) in [5, 5.41) is 6.50. The van der Waals surface area contributed by atoms with Crippen molar-refractivity contribution in [3.63, 3.8) is 0 Å². The van der Waals surface area contributed by atoms with Gasteiger partial charge in [0.2, 0.25) is 0 Å². The van der Waals surface area contributed by atoms with Crippen molar-refractivity contribution >= 4 is 71.3 Å². The first-order valence-electron chi connectivity index (χ1n) is 10.2. The van der Waals surface area contributed by atoms with Crippen molar-refractivity contribution in [1.82, 2.24) is 14.4 Å². The summed E-state index contributed by atoms with van der Waals surface area (Å²) in [6.07, 6.45) is 5.62. The van der Waals surface area contributed by atoms with Crippen LogP contribution in [-0.2, 0) is 0 Å². The molecule has 0 aliphatic heterocycles. The van der Waals surface area contributed by atoms with Crippen LogP contribution in [0.1, 0.15) is 0 Å². The molecule has 0 amide bonds. The van der Waals surface area contributed by atoms with Crippen LogP contribution in [0.4, 0.5) is 0 Å². The first-order valence-corrected chi connectivity index (χ1v) is 10.2. The number of hydrogen-bond acceptors (Lipinski definition) is 4. The third-order valence-corrected chi connectivity index (χ3v) is 6.30. The Balaban J connectivity index is 1.67. The molecule has 0 aliphatic carbocycles. The van der Waals surface area contributed by atoms with Crippen LogP contribution in [0.2, 0.25) is 0 Å². The number of furan rings is 2. The lowest BCUT2D eigenvalue weighted by Crippen LogP contribution is -1.92. The van der Waals surface area contributed by atoms with Crippen LogP contribution in [-0.4, -0.2) is 14.4 Å². The molecule has 144 valence electrons. The SMILES string of the molecule is c1ccc2c(c1)oc1ccc3oc4cc5c6cccnc6c6nccn6c5cc4c3c12. The molecule has 5 heterocycles. The summed E-state index contributed by atoms with van der Waals surface area (Å²) in [6, 6.07) is 20.5. The Morgan fingerprint density at radius 2 is 1.42 bits per heavy atom. The molecular formula is C26H13N3O2. The van der Waals surface area contributed by atoms with Crippen LogP contribution < -0.4 is 0 Å². The van der Waals surface area contributed by atoms with Gasteiger partial charge in [-0.1, -0.05) is 24.3 Å². The molecule has 0 N–H and O–H groups in total. The first-order chi connectivity index (χ1) is 15.4. The minimum absolute atomic E-state index is 0.852. The molecule has 0 unspecified atom stereocenters. The number of imidazole rings is 1. The van der Waals surface area contributed by atoms with E-state index in [4.69, 9.17) is 8.83 Å². The van der Waals surface area contributed by atoms with Crippen LogP contribution >= 0.6 is 0 Å².